The van der Waals surface area contributed by atoms with Crippen LogP contribution in [-0.2, 0) is 0 Å². The van der Waals surface area contributed by atoms with Gasteiger partial charge in [-0.05, 0) is 26.3 Å². The highest BCUT2D eigenvalue weighted by Gasteiger charge is 2.07. The maximum Gasteiger partial charge on any atom is 0.158 e. The van der Waals surface area contributed by atoms with E-state index in [4.69, 9.17) is 0 Å². The molecule has 2 heterocycles. The number of unbranched alkanes of at least 4 members (excludes halogenated alkanes) is 3. The minimum atomic E-state index is 0.345. The van der Waals surface area contributed by atoms with E-state index in [0.717, 1.165) is 23.3 Å². The Morgan fingerprint density at radius 3 is 2.79 bits per heavy atom. The molecule has 0 atom stereocenters. The third-order valence-corrected chi connectivity index (χ3v) is 3.28. The Balaban J connectivity index is 1.98. The molecule has 0 aliphatic rings. The molecule has 2 rings (SSSR count). The number of aromatic nitrogens is 3. The lowest BCUT2D eigenvalue weighted by atomic mass is 10.2. The van der Waals surface area contributed by atoms with E-state index >= 15 is 0 Å². The molecule has 0 aliphatic carbocycles. The molecule has 0 aromatic carbocycles. The van der Waals surface area contributed by atoms with Gasteiger partial charge in [0.25, 0.3) is 0 Å². The zero-order valence-electron chi connectivity index (χ0n) is 12.2. The molecular formula is C15H24N4. The zero-order valence-corrected chi connectivity index (χ0v) is 12.2. The minimum absolute atomic E-state index is 0.345. The molecule has 0 fully saturated rings. The topological polar surface area (TPSA) is 42.7 Å². The number of rotatable bonds is 7. The van der Waals surface area contributed by atoms with E-state index in [1.54, 1.807) is 0 Å². The quantitative estimate of drug-likeness (QED) is 0.765. The Kier molecular flexibility index (Phi) is 4.77. The van der Waals surface area contributed by atoms with Crippen LogP contribution in [0.15, 0.2) is 18.5 Å². The summed E-state index contributed by atoms with van der Waals surface area (Å²) in [6.07, 6.45) is 8.91. The van der Waals surface area contributed by atoms with Crippen LogP contribution in [0.4, 0.5) is 5.69 Å². The normalized spacial score (nSPS) is 11.4. The number of hydrogen-bond donors (Lipinski definition) is 1. The van der Waals surface area contributed by atoms with Crippen molar-refractivity contribution in [2.24, 2.45) is 0 Å². The lowest BCUT2D eigenvalue weighted by molar-refractivity contribution is 0.546. The van der Waals surface area contributed by atoms with E-state index in [9.17, 15) is 0 Å². The highest BCUT2D eigenvalue weighted by molar-refractivity contribution is 5.78. The Hall–Kier alpha value is -1.58. The Labute approximate surface area is 115 Å². The molecule has 0 bridgehead atoms. The number of pyridine rings is 1. The zero-order chi connectivity index (χ0) is 13.7. The molecule has 0 aliphatic heterocycles. The lowest BCUT2D eigenvalue weighted by Gasteiger charge is -2.08. The summed E-state index contributed by atoms with van der Waals surface area (Å²) in [5.74, 6) is 0. The monoisotopic (exact) mass is 260 g/mol. The fourth-order valence-electron chi connectivity index (χ4n) is 2.20. The maximum absolute atomic E-state index is 4.52. The predicted octanol–water partition coefficient (Wildman–Crippen LogP) is 4.00. The van der Waals surface area contributed by atoms with Gasteiger partial charge in [-0.25, -0.2) is 9.67 Å². The van der Waals surface area contributed by atoms with Crippen LogP contribution in [0, 0.1) is 0 Å². The molecule has 1 N–H and O–H groups in total. The van der Waals surface area contributed by atoms with Gasteiger partial charge < -0.3 is 5.32 Å². The maximum atomic E-state index is 4.52. The Morgan fingerprint density at radius 1 is 1.21 bits per heavy atom. The molecule has 4 heteroatoms. The molecular weight excluding hydrogens is 236 g/mol. The summed E-state index contributed by atoms with van der Waals surface area (Å²) in [6.45, 7) is 7.49. The Bertz CT molecular complexity index is 516. The van der Waals surface area contributed by atoms with E-state index in [0.29, 0.717) is 6.04 Å². The number of nitrogens with one attached hydrogen (secondary N) is 1. The predicted molar refractivity (Wildman–Crippen MR) is 80.5 cm³/mol. The van der Waals surface area contributed by atoms with Crippen molar-refractivity contribution in [2.45, 2.75) is 52.5 Å². The van der Waals surface area contributed by atoms with Gasteiger partial charge in [0.2, 0.25) is 0 Å². The van der Waals surface area contributed by atoms with Crippen LogP contribution in [0.5, 0.6) is 0 Å². The van der Waals surface area contributed by atoms with Crippen molar-refractivity contribution in [3.63, 3.8) is 0 Å². The van der Waals surface area contributed by atoms with E-state index in [-0.39, 0.29) is 0 Å². The van der Waals surface area contributed by atoms with Gasteiger partial charge in [0, 0.05) is 18.0 Å². The van der Waals surface area contributed by atoms with Gasteiger partial charge >= 0.3 is 0 Å². The second-order valence-corrected chi connectivity index (χ2v) is 5.31. The number of anilines is 1. The van der Waals surface area contributed by atoms with Crippen molar-refractivity contribution in [1.82, 2.24) is 14.8 Å². The molecule has 0 amide bonds. The van der Waals surface area contributed by atoms with Gasteiger partial charge in [-0.1, -0.05) is 26.2 Å². The summed E-state index contributed by atoms with van der Waals surface area (Å²) in [4.78, 5) is 4.52. The molecule has 4 nitrogen and oxygen atoms in total. The minimum Gasteiger partial charge on any atom is -0.384 e. The first-order valence-corrected chi connectivity index (χ1v) is 7.29. The van der Waals surface area contributed by atoms with Gasteiger partial charge in [0.1, 0.15) is 0 Å². The van der Waals surface area contributed by atoms with Crippen molar-refractivity contribution in [3.8, 4) is 0 Å². The van der Waals surface area contributed by atoms with Gasteiger partial charge in [0.15, 0.2) is 5.65 Å². The second-order valence-electron chi connectivity index (χ2n) is 5.31. The van der Waals surface area contributed by atoms with Crippen molar-refractivity contribution in [3.05, 3.63) is 18.5 Å². The number of fused-ring (bicyclic) bond motifs is 1. The van der Waals surface area contributed by atoms with Crippen LogP contribution in [-0.4, -0.2) is 21.3 Å². The van der Waals surface area contributed by atoms with Crippen LogP contribution >= 0.6 is 0 Å². The fraction of sp³-hybridized carbons (Fsp3) is 0.600. The van der Waals surface area contributed by atoms with Crippen molar-refractivity contribution < 1.29 is 0 Å². The summed E-state index contributed by atoms with van der Waals surface area (Å²) in [5, 5.41) is 8.92. The SMILES string of the molecule is CCCCCCNc1cnc2c(cnn2C(C)C)c1. The van der Waals surface area contributed by atoms with E-state index in [1.807, 2.05) is 17.1 Å². The van der Waals surface area contributed by atoms with Crippen LogP contribution in [0.2, 0.25) is 0 Å². The molecule has 0 unspecified atom stereocenters. The summed E-state index contributed by atoms with van der Waals surface area (Å²) in [7, 11) is 0. The van der Waals surface area contributed by atoms with Gasteiger partial charge in [0.05, 0.1) is 18.1 Å². The number of nitrogens with zero attached hydrogens (tertiary/aromatic N) is 3. The van der Waals surface area contributed by atoms with E-state index in [1.165, 1.54) is 25.7 Å². The molecule has 0 spiro atoms. The average molecular weight is 260 g/mol. The number of hydrogen-bond acceptors (Lipinski definition) is 3. The Morgan fingerprint density at radius 2 is 2.05 bits per heavy atom. The van der Waals surface area contributed by atoms with E-state index in [2.05, 4.69) is 42.2 Å². The molecule has 104 valence electrons. The van der Waals surface area contributed by atoms with Gasteiger partial charge in [-0.2, -0.15) is 5.10 Å². The first kappa shape index (κ1) is 13.8. The van der Waals surface area contributed by atoms with Crippen LogP contribution in [0.25, 0.3) is 11.0 Å². The standard InChI is InChI=1S/C15H24N4/c1-4-5-6-7-8-16-14-9-13-10-18-19(12(2)3)15(13)17-11-14/h9-12,16H,4-8H2,1-3H3. The third-order valence-electron chi connectivity index (χ3n) is 3.28. The molecule has 2 aromatic heterocycles. The largest absolute Gasteiger partial charge is 0.384 e. The van der Waals surface area contributed by atoms with Crippen LogP contribution in [0.3, 0.4) is 0 Å². The van der Waals surface area contributed by atoms with E-state index < -0.39 is 0 Å². The van der Waals surface area contributed by atoms with Gasteiger partial charge in [-0.3, -0.25) is 0 Å². The van der Waals surface area contributed by atoms with Crippen molar-refractivity contribution in [1.29, 1.82) is 0 Å². The molecule has 0 saturated heterocycles. The fourth-order valence-corrected chi connectivity index (χ4v) is 2.20. The third kappa shape index (κ3) is 3.46. The lowest BCUT2D eigenvalue weighted by Crippen LogP contribution is -2.04. The van der Waals surface area contributed by atoms with Crippen molar-refractivity contribution in [2.75, 3.05) is 11.9 Å². The first-order chi connectivity index (χ1) is 9.22. The first-order valence-electron chi connectivity index (χ1n) is 7.29. The van der Waals surface area contributed by atoms with Crippen molar-refractivity contribution >= 4 is 16.7 Å². The smallest absolute Gasteiger partial charge is 0.158 e. The summed E-state index contributed by atoms with van der Waals surface area (Å²) >= 11 is 0. The summed E-state index contributed by atoms with van der Waals surface area (Å²) < 4.78 is 1.96. The summed E-state index contributed by atoms with van der Waals surface area (Å²) in [5.41, 5.74) is 2.05. The molecule has 0 radical (unpaired) electrons. The summed E-state index contributed by atoms with van der Waals surface area (Å²) in [6, 6.07) is 2.48. The van der Waals surface area contributed by atoms with Crippen LogP contribution < -0.4 is 5.32 Å². The second kappa shape index (κ2) is 6.55. The van der Waals surface area contributed by atoms with Gasteiger partial charge in [-0.15, -0.1) is 0 Å². The molecule has 19 heavy (non-hydrogen) atoms. The van der Waals surface area contributed by atoms with Crippen LogP contribution in [0.1, 0.15) is 52.5 Å². The molecule has 2 aromatic rings. The average Bonchev–Trinajstić information content (AvgIpc) is 2.81. The molecule has 0 saturated carbocycles. The highest BCUT2D eigenvalue weighted by atomic mass is 15.3. The highest BCUT2D eigenvalue weighted by Crippen LogP contribution is 2.19.